The van der Waals surface area contributed by atoms with Gasteiger partial charge >= 0.3 is 0 Å². The van der Waals surface area contributed by atoms with Crippen molar-refractivity contribution in [2.24, 2.45) is 0 Å². The van der Waals surface area contributed by atoms with Crippen molar-refractivity contribution in [2.75, 3.05) is 13.1 Å². The van der Waals surface area contributed by atoms with E-state index in [-0.39, 0.29) is 5.82 Å². The van der Waals surface area contributed by atoms with Gasteiger partial charge in [-0.2, -0.15) is 0 Å². The third-order valence-electron chi connectivity index (χ3n) is 6.06. The molecule has 0 N–H and O–H groups in total. The summed E-state index contributed by atoms with van der Waals surface area (Å²) in [5.74, 6) is -0.202. The molecule has 0 radical (unpaired) electrons. The minimum atomic E-state index is -0.202. The van der Waals surface area contributed by atoms with Gasteiger partial charge in [0.15, 0.2) is 0 Å². The van der Waals surface area contributed by atoms with Gasteiger partial charge in [0.2, 0.25) is 0 Å². The van der Waals surface area contributed by atoms with Gasteiger partial charge in [0.25, 0.3) is 0 Å². The maximum atomic E-state index is 13.3. The Hall–Kier alpha value is -2.10. The predicted molar refractivity (Wildman–Crippen MR) is 110 cm³/mol. The first-order valence-electron chi connectivity index (χ1n) is 9.62. The highest BCUT2D eigenvalue weighted by Gasteiger charge is 2.35. The van der Waals surface area contributed by atoms with Gasteiger partial charge in [-0.1, -0.05) is 23.7 Å². The maximum Gasteiger partial charge on any atom is 0.123 e. The largest absolute Gasteiger partial charge is 0.318 e. The Morgan fingerprint density at radius 1 is 1.15 bits per heavy atom. The van der Waals surface area contributed by atoms with Crippen LogP contribution in [-0.2, 0) is 6.42 Å². The Morgan fingerprint density at radius 3 is 2.78 bits per heavy atom. The molecular formula is C23H22ClFN2. The molecule has 5 rings (SSSR count). The monoisotopic (exact) mass is 380 g/mol. The van der Waals surface area contributed by atoms with E-state index in [1.54, 1.807) is 0 Å². The zero-order valence-electron chi connectivity index (χ0n) is 15.4. The fraction of sp³-hybridized carbons (Fsp3) is 0.304. The van der Waals surface area contributed by atoms with E-state index in [1.165, 1.54) is 53.7 Å². The zero-order chi connectivity index (χ0) is 18.5. The van der Waals surface area contributed by atoms with E-state index in [0.717, 1.165) is 29.1 Å². The van der Waals surface area contributed by atoms with Crippen molar-refractivity contribution in [1.82, 2.24) is 9.47 Å². The maximum absolute atomic E-state index is 13.3. The van der Waals surface area contributed by atoms with Gasteiger partial charge in [0, 0.05) is 28.8 Å². The Bertz CT molecular complexity index is 1050. The van der Waals surface area contributed by atoms with Gasteiger partial charge in [-0.05, 0) is 79.8 Å². The first-order chi connectivity index (χ1) is 13.1. The van der Waals surface area contributed by atoms with Gasteiger partial charge in [0.1, 0.15) is 5.82 Å². The van der Waals surface area contributed by atoms with Gasteiger partial charge < -0.3 is 4.57 Å². The molecule has 1 fully saturated rings. The van der Waals surface area contributed by atoms with Crippen LogP contribution in [0.2, 0.25) is 5.02 Å². The number of fused-ring (bicyclic) bond motifs is 5. The van der Waals surface area contributed by atoms with Crippen molar-refractivity contribution >= 4 is 34.3 Å². The van der Waals surface area contributed by atoms with E-state index in [1.807, 2.05) is 18.2 Å². The van der Waals surface area contributed by atoms with Crippen LogP contribution in [0.4, 0.5) is 4.39 Å². The smallest absolute Gasteiger partial charge is 0.123 e. The third kappa shape index (κ3) is 2.81. The molecule has 0 bridgehead atoms. The van der Waals surface area contributed by atoms with Crippen LogP contribution in [0.1, 0.15) is 42.6 Å². The van der Waals surface area contributed by atoms with E-state index in [0.29, 0.717) is 6.04 Å². The number of allylic oxidation sites excluding steroid dienone is 1. The molecule has 3 aromatic rings. The van der Waals surface area contributed by atoms with Crippen LogP contribution in [0.15, 0.2) is 42.5 Å². The van der Waals surface area contributed by atoms with Crippen LogP contribution in [0.3, 0.4) is 0 Å². The lowest BCUT2D eigenvalue weighted by atomic mass is 9.97. The topological polar surface area (TPSA) is 8.17 Å². The third-order valence-corrected chi connectivity index (χ3v) is 6.30. The Kier molecular flexibility index (Phi) is 4.10. The minimum Gasteiger partial charge on any atom is -0.318 e. The molecule has 138 valence electrons. The summed E-state index contributed by atoms with van der Waals surface area (Å²) in [6.07, 6.45) is 5.75. The van der Waals surface area contributed by atoms with E-state index in [4.69, 9.17) is 11.6 Å². The molecule has 4 heteroatoms. The summed E-state index contributed by atoms with van der Waals surface area (Å²) >= 11 is 6.33. The van der Waals surface area contributed by atoms with E-state index < -0.39 is 0 Å². The van der Waals surface area contributed by atoms with Crippen molar-refractivity contribution in [3.63, 3.8) is 0 Å². The second kappa shape index (κ2) is 6.50. The molecule has 1 aromatic heterocycles. The van der Waals surface area contributed by atoms with Crippen molar-refractivity contribution in [2.45, 2.75) is 32.2 Å². The molecule has 1 unspecified atom stereocenters. The molecule has 0 spiro atoms. The van der Waals surface area contributed by atoms with Crippen molar-refractivity contribution in [3.05, 3.63) is 70.1 Å². The molecule has 3 heterocycles. The molecular weight excluding hydrogens is 359 g/mol. The average molecular weight is 381 g/mol. The van der Waals surface area contributed by atoms with Crippen molar-refractivity contribution in [3.8, 4) is 0 Å². The predicted octanol–water partition coefficient (Wildman–Crippen LogP) is 6.14. The number of aromatic nitrogens is 1. The molecule has 1 atom stereocenters. The summed E-state index contributed by atoms with van der Waals surface area (Å²) in [4.78, 5) is 2.61. The van der Waals surface area contributed by atoms with E-state index in [9.17, 15) is 4.39 Å². The lowest BCUT2D eigenvalue weighted by molar-refractivity contribution is 0.239. The number of benzene rings is 2. The zero-order valence-corrected chi connectivity index (χ0v) is 16.1. The van der Waals surface area contributed by atoms with Crippen LogP contribution < -0.4 is 0 Å². The highest BCUT2D eigenvalue weighted by atomic mass is 35.5. The average Bonchev–Trinajstić information content (AvgIpc) is 3.25. The molecule has 1 saturated heterocycles. The summed E-state index contributed by atoms with van der Waals surface area (Å²) < 4.78 is 15.7. The number of hydrogen-bond donors (Lipinski definition) is 0. The summed E-state index contributed by atoms with van der Waals surface area (Å²) in [6, 6.07) is 13.4. The fourth-order valence-electron chi connectivity index (χ4n) is 4.78. The Morgan fingerprint density at radius 2 is 1.96 bits per heavy atom. The molecule has 2 aliphatic heterocycles. The molecule has 27 heavy (non-hydrogen) atoms. The number of nitrogens with zero attached hydrogens (tertiary/aromatic N) is 2. The fourth-order valence-corrected chi connectivity index (χ4v) is 4.95. The van der Waals surface area contributed by atoms with Crippen molar-refractivity contribution < 1.29 is 4.39 Å². The second-order valence-corrected chi connectivity index (χ2v) is 8.09. The first kappa shape index (κ1) is 17.0. The molecule has 2 aromatic carbocycles. The van der Waals surface area contributed by atoms with Crippen LogP contribution >= 0.6 is 11.6 Å². The molecule has 0 saturated carbocycles. The van der Waals surface area contributed by atoms with Gasteiger partial charge in [0.05, 0.1) is 11.6 Å². The van der Waals surface area contributed by atoms with Crippen LogP contribution in [0.25, 0.3) is 22.7 Å². The summed E-state index contributed by atoms with van der Waals surface area (Å²) in [5, 5.41) is 2.06. The highest BCUT2D eigenvalue weighted by molar-refractivity contribution is 6.31. The first-order valence-corrected chi connectivity index (χ1v) is 10.0. The van der Waals surface area contributed by atoms with E-state index in [2.05, 4.69) is 34.7 Å². The Balaban J connectivity index is 1.72. The number of halogens is 2. The second-order valence-electron chi connectivity index (χ2n) is 7.66. The number of rotatable bonds is 2. The van der Waals surface area contributed by atoms with Gasteiger partial charge in [-0.25, -0.2) is 4.39 Å². The van der Waals surface area contributed by atoms with Gasteiger partial charge in [-0.15, -0.1) is 0 Å². The Labute approximate surface area is 163 Å². The molecule has 0 aliphatic carbocycles. The quantitative estimate of drug-likeness (QED) is 0.518. The summed E-state index contributed by atoms with van der Waals surface area (Å²) in [7, 11) is 0. The standard InChI is InChI=1S/C23H22ClFN2/c1-15(16-4-7-18(25)8-5-16)14-27-21-9-6-17(24)13-20(21)19-10-12-26-11-2-3-22(26)23(19)27/h4-9,13-14,22H,2-3,10-12H2,1H3/b15-14+. The van der Waals surface area contributed by atoms with Gasteiger partial charge in [-0.3, -0.25) is 4.90 Å². The molecule has 2 aliphatic rings. The summed E-state index contributed by atoms with van der Waals surface area (Å²) in [5.41, 5.74) is 6.23. The van der Waals surface area contributed by atoms with Crippen LogP contribution in [0.5, 0.6) is 0 Å². The molecule has 0 amide bonds. The molecule has 2 nitrogen and oxygen atoms in total. The normalized spacial score (nSPS) is 20.1. The SMILES string of the molecule is C/C(=C\n1c2c(c3cc(Cl)ccc31)CCN1CCCC21)c1ccc(F)cc1. The number of hydrogen-bond acceptors (Lipinski definition) is 1. The lowest BCUT2D eigenvalue weighted by Crippen LogP contribution is -2.31. The van der Waals surface area contributed by atoms with Crippen LogP contribution in [-0.4, -0.2) is 22.6 Å². The highest BCUT2D eigenvalue weighted by Crippen LogP contribution is 2.43. The minimum absolute atomic E-state index is 0.202. The lowest BCUT2D eigenvalue weighted by Gasteiger charge is -2.31. The summed E-state index contributed by atoms with van der Waals surface area (Å²) in [6.45, 7) is 4.41. The van der Waals surface area contributed by atoms with Crippen molar-refractivity contribution in [1.29, 1.82) is 0 Å². The van der Waals surface area contributed by atoms with Crippen LogP contribution in [0, 0.1) is 5.82 Å². The van der Waals surface area contributed by atoms with E-state index >= 15 is 0 Å².